The van der Waals surface area contributed by atoms with Gasteiger partial charge in [0.2, 0.25) is 0 Å². The van der Waals surface area contributed by atoms with Gasteiger partial charge >= 0.3 is 0 Å². The predicted octanol–water partition coefficient (Wildman–Crippen LogP) is 8.30. The number of aromatic nitrogens is 8. The van der Waals surface area contributed by atoms with Gasteiger partial charge in [-0.25, -0.2) is 19.3 Å². The third-order valence-electron chi connectivity index (χ3n) is 14.6. The number of H-pyrrole nitrogens is 2. The molecule has 4 amide bonds. The number of fused-ring (bicyclic) bond motifs is 2. The number of carbonyl (C=O) groups excluding carboxylic acids is 7. The maximum atomic E-state index is 13.5. The minimum Gasteiger partial charge on any atom is -0.494 e. The lowest BCUT2D eigenvalue weighted by atomic mass is 10.1. The first kappa shape index (κ1) is 59.6. The van der Waals surface area contributed by atoms with Crippen LogP contribution in [0.15, 0.2) is 159 Å². The molecule has 4 aromatic carbocycles. The van der Waals surface area contributed by atoms with E-state index in [1.807, 2.05) is 61.5 Å². The second kappa shape index (κ2) is 26.0. The van der Waals surface area contributed by atoms with Gasteiger partial charge in [0.1, 0.15) is 17.2 Å². The third-order valence-corrected chi connectivity index (χ3v) is 14.6. The van der Waals surface area contributed by atoms with Gasteiger partial charge in [0.15, 0.2) is 11.6 Å². The summed E-state index contributed by atoms with van der Waals surface area (Å²) in [4.78, 5) is 112. The van der Waals surface area contributed by atoms with Crippen molar-refractivity contribution >= 4 is 63.5 Å². The van der Waals surface area contributed by atoms with Crippen LogP contribution < -0.4 is 14.2 Å². The molecule has 8 heterocycles. The van der Waals surface area contributed by atoms with Gasteiger partial charge in [-0.1, -0.05) is 87.1 Å². The fourth-order valence-electron chi connectivity index (χ4n) is 10.3. The summed E-state index contributed by atoms with van der Waals surface area (Å²) in [5.41, 5.74) is 6.72. The second-order valence-electron chi connectivity index (χ2n) is 19.7. The number of rotatable bonds is 14. The van der Waals surface area contributed by atoms with Crippen LogP contribution in [0.25, 0.3) is 56.0 Å². The Labute approximate surface area is 494 Å². The average Bonchev–Trinajstić information content (AvgIpc) is 4.59. The molecule has 2 aliphatic heterocycles. The number of aromatic amines is 2. The van der Waals surface area contributed by atoms with E-state index in [4.69, 9.17) is 19.3 Å². The number of aryl methyl sites for hydroxylation is 1. The number of benzene rings is 4. The molecule has 0 bridgehead atoms. The summed E-state index contributed by atoms with van der Waals surface area (Å²) >= 11 is 0. The Morgan fingerprint density at radius 2 is 0.930 bits per heavy atom. The molecular weight excluding hydrogens is 1100 g/mol. The summed E-state index contributed by atoms with van der Waals surface area (Å²) in [7, 11) is 2.95. The number of ketones is 2. The zero-order chi connectivity index (χ0) is 58.4. The molecule has 0 atom stereocenters. The Morgan fingerprint density at radius 1 is 0.512 bits per heavy atom. The molecule has 0 spiro atoms. The summed E-state index contributed by atoms with van der Waals surface area (Å²) in [6, 6.07) is 36.6. The lowest BCUT2D eigenvalue weighted by Gasteiger charge is -2.34. The fraction of sp³-hybridized carbons (Fsp3) is 0.203. The van der Waals surface area contributed by atoms with E-state index in [-0.39, 0.29) is 64.0 Å². The van der Waals surface area contributed by atoms with Crippen molar-refractivity contribution in [2.24, 2.45) is 0 Å². The molecule has 0 saturated carbocycles. The summed E-state index contributed by atoms with van der Waals surface area (Å²) < 4.78 is 19.2. The SMILES string of the molecule is C.C.COc1cnc(-n2ccc(-c3cccc(C)c3)n2)c2[nH]cc(C(=O)C(=O)N3CCN(C(=O)c4ccccc4)CC3)c12.COc1cnc(-n2ccc(-c3cccc(OC=O)c3)n2)c2[nH]cc(C(=O)C(=O)N3CCN(C(=O)c4ccccc4)CC3)c12. The minimum absolute atomic E-state index is 0. The fourth-order valence-corrected chi connectivity index (χ4v) is 10.3. The van der Waals surface area contributed by atoms with Crippen molar-refractivity contribution in [2.75, 3.05) is 66.6 Å². The van der Waals surface area contributed by atoms with E-state index in [1.165, 1.54) is 48.8 Å². The van der Waals surface area contributed by atoms with E-state index in [0.29, 0.717) is 100 Å². The zero-order valence-electron chi connectivity index (χ0n) is 45.8. The highest BCUT2D eigenvalue weighted by Gasteiger charge is 2.34. The van der Waals surface area contributed by atoms with Crippen molar-refractivity contribution in [3.8, 4) is 51.4 Å². The molecule has 438 valence electrons. The van der Waals surface area contributed by atoms with E-state index in [9.17, 15) is 33.6 Å². The highest BCUT2D eigenvalue weighted by Crippen LogP contribution is 2.35. The van der Waals surface area contributed by atoms with E-state index in [2.05, 4.69) is 31.1 Å². The van der Waals surface area contributed by atoms with Crippen LogP contribution in [0.2, 0.25) is 0 Å². The molecule has 2 saturated heterocycles. The number of piperazine rings is 2. The quantitative estimate of drug-likeness (QED) is 0.0590. The largest absolute Gasteiger partial charge is 0.494 e. The van der Waals surface area contributed by atoms with Crippen LogP contribution in [-0.2, 0) is 14.4 Å². The van der Waals surface area contributed by atoms with Crippen LogP contribution in [0.1, 0.15) is 61.8 Å². The predicted molar refractivity (Wildman–Crippen MR) is 322 cm³/mol. The van der Waals surface area contributed by atoms with E-state index >= 15 is 0 Å². The molecule has 6 aromatic heterocycles. The molecular formula is C64H62N12O10. The molecule has 10 aromatic rings. The standard InChI is InChI=1S/C31H26N6O6.C31H28N6O4.2CH4/c1-42-25-18-33-29(37-11-10-24(34-37)21-8-5-9-22(16-21)43-19-38)27-26(25)23(17-32-27)28(39)31(41)36-14-12-35(13-15-36)30(40)20-6-3-2-4-7-20;1-20-7-6-10-22(17-20)24-11-12-37(34-24)29-27-26(25(41-2)19-33-29)23(18-32-27)28(38)31(40)36-15-13-35(14-16-36)30(39)21-8-4-3-5-9-21;;/h2-11,16-19,32H,12-15H2,1H3;3-12,17-19,32H,13-16H2,1-2H3;2*1H4. The topological polar surface area (TPSA) is 253 Å². The lowest BCUT2D eigenvalue weighted by Crippen LogP contribution is -2.52. The maximum absolute atomic E-state index is 13.5. The van der Waals surface area contributed by atoms with Crippen LogP contribution in [0.4, 0.5) is 0 Å². The van der Waals surface area contributed by atoms with Crippen LogP contribution in [-0.4, -0.2) is 167 Å². The summed E-state index contributed by atoms with van der Waals surface area (Å²) in [5, 5.41) is 10.2. The smallest absolute Gasteiger partial charge is 0.298 e. The van der Waals surface area contributed by atoms with Crippen LogP contribution in [0.3, 0.4) is 0 Å². The minimum atomic E-state index is -0.697. The Morgan fingerprint density at radius 3 is 1.35 bits per heavy atom. The first-order valence-corrected chi connectivity index (χ1v) is 26.8. The molecule has 0 radical (unpaired) electrons. The van der Waals surface area contributed by atoms with Gasteiger partial charge in [-0.3, -0.25) is 33.6 Å². The maximum Gasteiger partial charge on any atom is 0.298 e. The van der Waals surface area contributed by atoms with Crippen LogP contribution >= 0.6 is 0 Å². The highest BCUT2D eigenvalue weighted by molar-refractivity contribution is 6.46. The number of hydrogen-bond acceptors (Lipinski definition) is 14. The molecule has 22 nitrogen and oxygen atoms in total. The Bertz CT molecular complexity index is 4140. The van der Waals surface area contributed by atoms with Gasteiger partial charge in [-0.05, 0) is 61.5 Å². The van der Waals surface area contributed by atoms with Gasteiger partial charge in [0.05, 0.1) is 70.9 Å². The van der Waals surface area contributed by atoms with Crippen molar-refractivity contribution < 1.29 is 47.8 Å². The number of ether oxygens (including phenoxy) is 3. The van der Waals surface area contributed by atoms with E-state index in [0.717, 1.165) is 22.4 Å². The molecule has 22 heteroatoms. The van der Waals surface area contributed by atoms with E-state index < -0.39 is 23.4 Å². The number of nitrogens with one attached hydrogen (secondary N) is 2. The van der Waals surface area contributed by atoms with Crippen molar-refractivity contribution in [2.45, 2.75) is 21.8 Å². The zero-order valence-corrected chi connectivity index (χ0v) is 45.8. The van der Waals surface area contributed by atoms with Gasteiger partial charge in [0, 0.05) is 99.4 Å². The number of carbonyl (C=O) groups is 7. The van der Waals surface area contributed by atoms with Gasteiger partial charge < -0.3 is 43.8 Å². The van der Waals surface area contributed by atoms with E-state index in [1.54, 1.807) is 92.2 Å². The monoisotopic (exact) mass is 1160 g/mol. The van der Waals surface area contributed by atoms with Gasteiger partial charge in [-0.2, -0.15) is 10.2 Å². The highest BCUT2D eigenvalue weighted by atomic mass is 16.5. The molecule has 2 aliphatic rings. The number of nitrogens with zero attached hydrogens (tertiary/aromatic N) is 10. The molecule has 2 N–H and O–H groups in total. The summed E-state index contributed by atoms with van der Waals surface area (Å²) in [5.74, 6) is -0.904. The van der Waals surface area contributed by atoms with Crippen molar-refractivity contribution in [3.63, 3.8) is 0 Å². The van der Waals surface area contributed by atoms with Crippen LogP contribution in [0.5, 0.6) is 17.2 Å². The number of methoxy groups -OCH3 is 2. The Hall–Kier alpha value is -11.0. The Balaban J connectivity index is 0.000000201. The number of Topliss-reactive ketones (excluding diaryl/α,β-unsaturated/α-hetero) is 2. The van der Waals surface area contributed by atoms with Gasteiger partial charge in [-0.15, -0.1) is 0 Å². The lowest BCUT2D eigenvalue weighted by molar-refractivity contribution is -0.128. The molecule has 86 heavy (non-hydrogen) atoms. The molecule has 12 rings (SSSR count). The number of amides is 4. The van der Waals surface area contributed by atoms with Crippen molar-refractivity contribution in [1.29, 1.82) is 0 Å². The first-order chi connectivity index (χ1) is 40.9. The molecule has 0 aliphatic carbocycles. The molecule has 2 fully saturated rings. The summed E-state index contributed by atoms with van der Waals surface area (Å²) in [6.45, 7) is 4.74. The summed E-state index contributed by atoms with van der Waals surface area (Å²) in [6.07, 6.45) is 9.49. The number of hydrogen-bond donors (Lipinski definition) is 2. The van der Waals surface area contributed by atoms with Crippen molar-refractivity contribution in [1.82, 2.24) is 59.1 Å². The second-order valence-corrected chi connectivity index (χ2v) is 19.7. The number of pyridine rings is 2. The van der Waals surface area contributed by atoms with Crippen LogP contribution in [0, 0.1) is 6.92 Å². The normalized spacial score (nSPS) is 13.0. The van der Waals surface area contributed by atoms with Crippen molar-refractivity contribution in [3.05, 3.63) is 186 Å². The first-order valence-electron chi connectivity index (χ1n) is 26.8. The Kier molecular flexibility index (Phi) is 18.0. The average molecular weight is 1160 g/mol. The van der Waals surface area contributed by atoms with Gasteiger partial charge in [0.25, 0.3) is 41.7 Å². The molecule has 0 unspecified atom stereocenters. The third kappa shape index (κ3) is 11.9.